The van der Waals surface area contributed by atoms with Crippen molar-refractivity contribution < 1.29 is 4.42 Å². The molecule has 0 radical (unpaired) electrons. The van der Waals surface area contributed by atoms with Crippen LogP contribution in [0.1, 0.15) is 5.56 Å². The minimum Gasteiger partial charge on any atom is -0.446 e. The molecule has 3 nitrogen and oxygen atoms in total. The Hall–Kier alpha value is -0.650. The van der Waals surface area contributed by atoms with E-state index in [1.165, 1.54) is 12.5 Å². The maximum Gasteiger partial charge on any atom is 0.227 e. The standard InChI is InChI=1S/C6H5IN2O/c7-4-9-6-5(3-8)1-2-10-6/h1-4,8H. The topological polar surface area (TPSA) is 49.4 Å². The lowest BCUT2D eigenvalue weighted by Gasteiger charge is -1.83. The summed E-state index contributed by atoms with van der Waals surface area (Å²) in [5.41, 5.74) is 0.702. The van der Waals surface area contributed by atoms with Crippen LogP contribution >= 0.6 is 22.6 Å². The molecule has 1 aromatic heterocycles. The second kappa shape index (κ2) is 3.50. The summed E-state index contributed by atoms with van der Waals surface area (Å²) in [4.78, 5) is 3.88. The summed E-state index contributed by atoms with van der Waals surface area (Å²) >= 11 is 1.99. The fourth-order valence-electron chi connectivity index (χ4n) is 0.570. The molecule has 0 atom stereocenters. The maximum atomic E-state index is 6.92. The van der Waals surface area contributed by atoms with Crippen molar-refractivity contribution in [1.82, 2.24) is 0 Å². The molecule has 1 aromatic rings. The summed E-state index contributed by atoms with van der Waals surface area (Å²) in [7, 11) is 0. The van der Waals surface area contributed by atoms with E-state index in [1.54, 1.807) is 10.3 Å². The van der Waals surface area contributed by atoms with Crippen LogP contribution in [-0.2, 0) is 0 Å². The molecule has 0 spiro atoms. The van der Waals surface area contributed by atoms with Gasteiger partial charge in [-0.05, 0) is 28.7 Å². The van der Waals surface area contributed by atoms with E-state index in [1.807, 2.05) is 22.6 Å². The van der Waals surface area contributed by atoms with Gasteiger partial charge in [0.25, 0.3) is 0 Å². The summed E-state index contributed by atoms with van der Waals surface area (Å²) in [5.74, 6) is 0.490. The Balaban J connectivity index is 3.00. The van der Waals surface area contributed by atoms with Gasteiger partial charge >= 0.3 is 0 Å². The number of aliphatic imine (C=N–C) groups is 1. The molecule has 0 aliphatic heterocycles. The van der Waals surface area contributed by atoms with Gasteiger partial charge < -0.3 is 9.83 Å². The molecule has 1 rings (SSSR count). The monoisotopic (exact) mass is 248 g/mol. The van der Waals surface area contributed by atoms with E-state index in [9.17, 15) is 0 Å². The van der Waals surface area contributed by atoms with Crippen LogP contribution in [-0.4, -0.2) is 10.4 Å². The normalized spacial score (nSPS) is 10.5. The van der Waals surface area contributed by atoms with E-state index >= 15 is 0 Å². The number of furan rings is 1. The maximum absolute atomic E-state index is 6.92. The smallest absolute Gasteiger partial charge is 0.227 e. The summed E-state index contributed by atoms with van der Waals surface area (Å²) in [6.45, 7) is 0. The second-order valence-electron chi connectivity index (χ2n) is 1.55. The van der Waals surface area contributed by atoms with Crippen molar-refractivity contribution in [2.45, 2.75) is 0 Å². The van der Waals surface area contributed by atoms with Gasteiger partial charge in [0, 0.05) is 6.21 Å². The summed E-state index contributed by atoms with van der Waals surface area (Å²) in [5, 5.41) is 6.92. The Morgan fingerprint density at radius 3 is 3.10 bits per heavy atom. The van der Waals surface area contributed by atoms with Crippen molar-refractivity contribution in [3.05, 3.63) is 17.9 Å². The summed E-state index contributed by atoms with van der Waals surface area (Å²) < 4.78 is 6.54. The van der Waals surface area contributed by atoms with Crippen LogP contribution in [0.3, 0.4) is 0 Å². The lowest BCUT2D eigenvalue weighted by atomic mass is 10.3. The van der Waals surface area contributed by atoms with Gasteiger partial charge in [0.15, 0.2) is 0 Å². The lowest BCUT2D eigenvalue weighted by molar-refractivity contribution is 0.578. The van der Waals surface area contributed by atoms with E-state index in [2.05, 4.69) is 4.99 Å². The van der Waals surface area contributed by atoms with Gasteiger partial charge in [-0.1, -0.05) is 0 Å². The average molecular weight is 248 g/mol. The molecule has 0 fully saturated rings. The SMILES string of the molecule is N=Cc1ccoc1N=CI. The minimum atomic E-state index is 0.490. The van der Waals surface area contributed by atoms with Crippen molar-refractivity contribution in [2.75, 3.05) is 0 Å². The molecular formula is C6H5IN2O. The van der Waals surface area contributed by atoms with E-state index in [0.29, 0.717) is 11.4 Å². The van der Waals surface area contributed by atoms with E-state index in [0.717, 1.165) is 0 Å². The molecule has 0 bridgehead atoms. The van der Waals surface area contributed by atoms with Crippen molar-refractivity contribution in [3.63, 3.8) is 0 Å². The average Bonchev–Trinajstić information content (AvgIpc) is 2.36. The second-order valence-corrected chi connectivity index (χ2v) is 2.11. The summed E-state index contributed by atoms with van der Waals surface area (Å²) in [6, 6.07) is 1.70. The quantitative estimate of drug-likeness (QED) is 0.633. The molecule has 1 N–H and O–H groups in total. The Labute approximate surface area is 71.8 Å². The van der Waals surface area contributed by atoms with Crippen LogP contribution in [0, 0.1) is 5.41 Å². The zero-order valence-corrected chi connectivity index (χ0v) is 7.20. The number of rotatable bonds is 2. The van der Waals surface area contributed by atoms with Gasteiger partial charge in [0.1, 0.15) is 0 Å². The number of nitrogens with zero attached hydrogens (tertiary/aromatic N) is 1. The Morgan fingerprint density at radius 2 is 2.50 bits per heavy atom. The Morgan fingerprint density at radius 1 is 1.70 bits per heavy atom. The van der Waals surface area contributed by atoms with Gasteiger partial charge in [-0.2, -0.15) is 0 Å². The van der Waals surface area contributed by atoms with Crippen LogP contribution in [0.2, 0.25) is 0 Å². The molecule has 0 saturated carbocycles. The fourth-order valence-corrected chi connectivity index (χ4v) is 0.823. The molecule has 4 heteroatoms. The largest absolute Gasteiger partial charge is 0.446 e. The molecule has 10 heavy (non-hydrogen) atoms. The number of hydrogen-bond donors (Lipinski definition) is 1. The Kier molecular flexibility index (Phi) is 2.61. The Bertz CT molecular complexity index is 254. The fraction of sp³-hybridized carbons (Fsp3) is 0. The molecule has 52 valence electrons. The highest BCUT2D eigenvalue weighted by molar-refractivity contribution is 14.1. The van der Waals surface area contributed by atoms with Gasteiger partial charge in [-0.25, -0.2) is 4.99 Å². The van der Waals surface area contributed by atoms with Gasteiger partial charge in [-0.15, -0.1) is 0 Å². The first-order chi connectivity index (χ1) is 4.88. The van der Waals surface area contributed by atoms with Crippen molar-refractivity contribution in [1.29, 1.82) is 5.41 Å². The number of nitrogens with one attached hydrogen (secondary N) is 1. The van der Waals surface area contributed by atoms with Gasteiger partial charge in [0.2, 0.25) is 5.88 Å². The third-order valence-electron chi connectivity index (χ3n) is 0.996. The third-order valence-corrected chi connectivity index (χ3v) is 1.27. The first-order valence-electron chi connectivity index (χ1n) is 2.59. The first-order valence-corrected chi connectivity index (χ1v) is 3.83. The third kappa shape index (κ3) is 1.44. The molecule has 0 saturated heterocycles. The zero-order chi connectivity index (χ0) is 7.40. The molecular weight excluding hydrogens is 243 g/mol. The predicted octanol–water partition coefficient (Wildman–Crippen LogP) is 2.37. The van der Waals surface area contributed by atoms with Crippen LogP contribution in [0.25, 0.3) is 0 Å². The first kappa shape index (κ1) is 7.46. The van der Waals surface area contributed by atoms with Crippen molar-refractivity contribution >= 4 is 38.9 Å². The van der Waals surface area contributed by atoms with Crippen molar-refractivity contribution in [2.24, 2.45) is 4.99 Å². The van der Waals surface area contributed by atoms with E-state index in [-0.39, 0.29) is 0 Å². The van der Waals surface area contributed by atoms with Crippen LogP contribution < -0.4 is 0 Å². The molecule has 0 amide bonds. The van der Waals surface area contributed by atoms with Gasteiger partial charge in [0.05, 0.1) is 16.0 Å². The molecule has 0 aliphatic carbocycles. The molecule has 0 aromatic carbocycles. The van der Waals surface area contributed by atoms with Crippen molar-refractivity contribution in [3.8, 4) is 0 Å². The van der Waals surface area contributed by atoms with E-state index < -0.39 is 0 Å². The summed E-state index contributed by atoms with van der Waals surface area (Å²) in [6.07, 6.45) is 2.72. The molecule has 0 aliphatic rings. The van der Waals surface area contributed by atoms with Crippen LogP contribution in [0.4, 0.5) is 5.88 Å². The predicted molar refractivity (Wildman–Crippen MR) is 48.8 cm³/mol. The zero-order valence-electron chi connectivity index (χ0n) is 5.04. The highest BCUT2D eigenvalue weighted by Gasteiger charge is 1.98. The lowest BCUT2D eigenvalue weighted by Crippen LogP contribution is -1.71. The molecule has 0 unspecified atom stereocenters. The van der Waals surface area contributed by atoms with Crippen LogP contribution in [0.5, 0.6) is 0 Å². The van der Waals surface area contributed by atoms with E-state index in [4.69, 9.17) is 9.83 Å². The molecule has 1 heterocycles. The number of hydrogen-bond acceptors (Lipinski definition) is 3. The van der Waals surface area contributed by atoms with Gasteiger partial charge in [-0.3, -0.25) is 0 Å². The van der Waals surface area contributed by atoms with Crippen LogP contribution in [0.15, 0.2) is 21.7 Å². The highest BCUT2D eigenvalue weighted by Crippen LogP contribution is 2.17. The number of halogens is 1. The minimum absolute atomic E-state index is 0.490. The highest BCUT2D eigenvalue weighted by atomic mass is 127.